The zero-order valence-electron chi connectivity index (χ0n) is 19.4. The maximum Gasteiger partial charge on any atom is 0.299 e. The van der Waals surface area contributed by atoms with Crippen molar-refractivity contribution in [1.29, 1.82) is 0 Å². The summed E-state index contributed by atoms with van der Waals surface area (Å²) >= 11 is 0. The maximum atomic E-state index is 13.5. The van der Waals surface area contributed by atoms with E-state index >= 15 is 0 Å². The second kappa shape index (κ2) is 9.13. The summed E-state index contributed by atoms with van der Waals surface area (Å²) in [7, 11) is 0. The van der Waals surface area contributed by atoms with Crippen molar-refractivity contribution in [2.75, 3.05) is 11.4 Å². The molecule has 2 heterocycles. The Bertz CT molecular complexity index is 1430. The van der Waals surface area contributed by atoms with Gasteiger partial charge >= 0.3 is 0 Å². The van der Waals surface area contributed by atoms with Crippen molar-refractivity contribution >= 4 is 17.4 Å². The van der Waals surface area contributed by atoms with Crippen LogP contribution in [0.2, 0.25) is 0 Å². The van der Waals surface area contributed by atoms with Crippen LogP contribution in [0.1, 0.15) is 44.4 Å². The Balaban J connectivity index is 1.16. The lowest BCUT2D eigenvalue weighted by atomic mass is 9.97. The summed E-state index contributed by atoms with van der Waals surface area (Å²) < 4.78 is 21.6. The number of anilines is 1. The van der Waals surface area contributed by atoms with Gasteiger partial charge in [-0.05, 0) is 53.3 Å². The molecule has 180 valence electrons. The minimum absolute atomic E-state index is 0.0941. The zero-order chi connectivity index (χ0) is 24.6. The van der Waals surface area contributed by atoms with E-state index in [-0.39, 0.29) is 24.8 Å². The standard InChI is InChI=1S/C28H23FN4O3/c29-20-11-12-25-24(15-20)26(34)28(35)33(25)14-13-32-16-21(30-31-32)17-36-27-22-7-3-1-5-18(22)9-10-19-6-2-4-8-23(19)27/h1-8,11-12,15-16,27H,9-10,13-14,17H2. The first-order valence-corrected chi connectivity index (χ1v) is 11.9. The van der Waals surface area contributed by atoms with Gasteiger partial charge in [0, 0.05) is 6.54 Å². The monoisotopic (exact) mass is 482 g/mol. The fourth-order valence-corrected chi connectivity index (χ4v) is 5.03. The maximum absolute atomic E-state index is 13.5. The Morgan fingerprint density at radius 1 is 0.917 bits per heavy atom. The number of amides is 1. The second-order valence-corrected chi connectivity index (χ2v) is 9.01. The Kier molecular flexibility index (Phi) is 5.65. The molecule has 8 heteroatoms. The lowest BCUT2D eigenvalue weighted by Gasteiger charge is -2.20. The fourth-order valence-electron chi connectivity index (χ4n) is 5.03. The molecule has 0 spiro atoms. The van der Waals surface area contributed by atoms with Crippen molar-refractivity contribution in [3.05, 3.63) is 112 Å². The van der Waals surface area contributed by atoms with Gasteiger partial charge < -0.3 is 9.64 Å². The van der Waals surface area contributed by atoms with Crippen LogP contribution in [-0.2, 0) is 35.5 Å². The van der Waals surface area contributed by atoms with Gasteiger partial charge in [-0.2, -0.15) is 0 Å². The van der Waals surface area contributed by atoms with Gasteiger partial charge in [0.05, 0.1) is 30.6 Å². The third kappa shape index (κ3) is 3.99. The molecular formula is C28H23FN4O3. The van der Waals surface area contributed by atoms with Gasteiger partial charge in [-0.15, -0.1) is 5.10 Å². The molecule has 2 aliphatic rings. The van der Waals surface area contributed by atoms with Crippen LogP contribution in [0.4, 0.5) is 10.1 Å². The number of hydrogen-bond acceptors (Lipinski definition) is 5. The molecule has 0 bridgehead atoms. The topological polar surface area (TPSA) is 77.3 Å². The first-order chi connectivity index (χ1) is 17.6. The van der Waals surface area contributed by atoms with Crippen LogP contribution in [-0.4, -0.2) is 33.2 Å². The van der Waals surface area contributed by atoms with Crippen molar-refractivity contribution in [2.24, 2.45) is 0 Å². The summed E-state index contributed by atoms with van der Waals surface area (Å²) in [6.45, 7) is 0.824. The van der Waals surface area contributed by atoms with Gasteiger partial charge in [0.1, 0.15) is 17.6 Å². The van der Waals surface area contributed by atoms with E-state index in [1.165, 1.54) is 39.3 Å². The molecule has 3 aromatic carbocycles. The third-order valence-corrected chi connectivity index (χ3v) is 6.81. The Morgan fingerprint density at radius 2 is 1.61 bits per heavy atom. The molecule has 0 atom stereocenters. The van der Waals surface area contributed by atoms with Gasteiger partial charge in [-0.3, -0.25) is 14.3 Å². The molecule has 6 rings (SSSR count). The van der Waals surface area contributed by atoms with Crippen molar-refractivity contribution < 1.29 is 18.7 Å². The number of hydrogen-bond donors (Lipinski definition) is 0. The fraction of sp³-hybridized carbons (Fsp3) is 0.214. The number of aryl methyl sites for hydroxylation is 2. The van der Waals surface area contributed by atoms with E-state index in [1.807, 2.05) is 12.1 Å². The molecule has 0 saturated heterocycles. The smallest absolute Gasteiger partial charge is 0.299 e. The van der Waals surface area contributed by atoms with E-state index in [0.29, 0.717) is 17.9 Å². The molecule has 36 heavy (non-hydrogen) atoms. The highest BCUT2D eigenvalue weighted by atomic mass is 19.1. The Morgan fingerprint density at radius 3 is 2.33 bits per heavy atom. The number of rotatable bonds is 6. The summed E-state index contributed by atoms with van der Waals surface area (Å²) in [4.78, 5) is 26.0. The molecule has 7 nitrogen and oxygen atoms in total. The number of halogens is 1. The molecular weight excluding hydrogens is 459 g/mol. The van der Waals surface area contributed by atoms with Crippen LogP contribution in [0.25, 0.3) is 0 Å². The number of ketones is 1. The molecule has 0 N–H and O–H groups in total. The second-order valence-electron chi connectivity index (χ2n) is 9.01. The number of carbonyl (C=O) groups excluding carboxylic acids is 2. The van der Waals surface area contributed by atoms with Gasteiger partial charge in [-0.25, -0.2) is 4.39 Å². The van der Waals surface area contributed by atoms with E-state index in [4.69, 9.17) is 4.74 Å². The highest BCUT2D eigenvalue weighted by Crippen LogP contribution is 2.35. The van der Waals surface area contributed by atoms with Crippen LogP contribution in [0, 0.1) is 5.82 Å². The molecule has 4 aromatic rings. The average Bonchev–Trinajstić information content (AvgIpc) is 3.39. The summed E-state index contributed by atoms with van der Waals surface area (Å²) in [5.41, 5.74) is 6.09. The summed E-state index contributed by atoms with van der Waals surface area (Å²) in [5, 5.41) is 8.41. The number of Topliss-reactive ketones (excluding diaryl/α,β-unsaturated/α-hetero) is 1. The molecule has 0 unspecified atom stereocenters. The predicted octanol–water partition coefficient (Wildman–Crippen LogP) is 4.05. The zero-order valence-corrected chi connectivity index (χ0v) is 19.4. The molecule has 1 aliphatic heterocycles. The van der Waals surface area contributed by atoms with Crippen LogP contribution in [0.3, 0.4) is 0 Å². The van der Waals surface area contributed by atoms with Crippen molar-refractivity contribution in [2.45, 2.75) is 32.1 Å². The Labute approximate surface area is 207 Å². The number of benzene rings is 3. The largest absolute Gasteiger partial charge is 0.362 e. The van der Waals surface area contributed by atoms with Crippen LogP contribution in [0.15, 0.2) is 72.9 Å². The highest BCUT2D eigenvalue weighted by molar-refractivity contribution is 6.52. The molecule has 1 amide bonds. The van der Waals surface area contributed by atoms with Crippen molar-refractivity contribution in [3.63, 3.8) is 0 Å². The number of aromatic nitrogens is 3. The Hall–Kier alpha value is -4.17. The third-order valence-electron chi connectivity index (χ3n) is 6.81. The highest BCUT2D eigenvalue weighted by Gasteiger charge is 2.35. The summed E-state index contributed by atoms with van der Waals surface area (Å²) in [6, 6.07) is 20.6. The molecule has 0 saturated carbocycles. The lowest BCUT2D eigenvalue weighted by Crippen LogP contribution is -2.32. The summed E-state index contributed by atoms with van der Waals surface area (Å²) in [6.07, 6.45) is 3.52. The lowest BCUT2D eigenvalue weighted by molar-refractivity contribution is -0.114. The van der Waals surface area contributed by atoms with Gasteiger partial charge in [-0.1, -0.05) is 53.7 Å². The molecule has 0 radical (unpaired) electrons. The van der Waals surface area contributed by atoms with Gasteiger partial charge in [0.25, 0.3) is 11.7 Å². The van der Waals surface area contributed by atoms with Crippen LogP contribution >= 0.6 is 0 Å². The van der Waals surface area contributed by atoms with Crippen LogP contribution in [0.5, 0.6) is 0 Å². The van der Waals surface area contributed by atoms with E-state index in [9.17, 15) is 14.0 Å². The van der Waals surface area contributed by atoms with Crippen LogP contribution < -0.4 is 4.90 Å². The first-order valence-electron chi connectivity index (χ1n) is 11.9. The van der Waals surface area contributed by atoms with E-state index in [2.05, 4.69) is 46.7 Å². The normalized spacial score (nSPS) is 15.0. The summed E-state index contributed by atoms with van der Waals surface area (Å²) in [5.74, 6) is -1.90. The number of fused-ring (bicyclic) bond motifs is 3. The SMILES string of the molecule is O=C1C(=O)N(CCn2cc(COC3c4ccccc4CCc4ccccc43)nn2)c2ccc(F)cc21. The van der Waals surface area contributed by atoms with E-state index in [0.717, 1.165) is 18.9 Å². The molecule has 1 aromatic heterocycles. The number of nitrogens with zero attached hydrogens (tertiary/aromatic N) is 4. The number of carbonyl (C=O) groups is 2. The minimum atomic E-state index is -0.693. The average molecular weight is 483 g/mol. The number of ether oxygens (including phenoxy) is 1. The molecule has 0 fully saturated rings. The first kappa shape index (κ1) is 22.3. The minimum Gasteiger partial charge on any atom is -0.362 e. The van der Waals surface area contributed by atoms with E-state index in [1.54, 1.807) is 10.9 Å². The van der Waals surface area contributed by atoms with Crippen molar-refractivity contribution in [1.82, 2.24) is 15.0 Å². The van der Waals surface area contributed by atoms with E-state index < -0.39 is 17.5 Å². The molecule has 1 aliphatic carbocycles. The van der Waals surface area contributed by atoms with Crippen molar-refractivity contribution in [3.8, 4) is 0 Å². The van der Waals surface area contributed by atoms with Gasteiger partial charge in [0.2, 0.25) is 0 Å². The quantitative estimate of drug-likeness (QED) is 0.388. The van der Waals surface area contributed by atoms with Gasteiger partial charge in [0.15, 0.2) is 0 Å². The predicted molar refractivity (Wildman–Crippen MR) is 130 cm³/mol.